The van der Waals surface area contributed by atoms with Crippen LogP contribution in [0, 0.1) is 0 Å². The van der Waals surface area contributed by atoms with Crippen LogP contribution in [0.4, 0.5) is 0 Å². The van der Waals surface area contributed by atoms with E-state index < -0.39 is 0 Å². The van der Waals surface area contributed by atoms with Crippen molar-refractivity contribution < 1.29 is 43.3 Å². The first-order valence-electron chi connectivity index (χ1n) is 1.41. The summed E-state index contributed by atoms with van der Waals surface area (Å²) < 4.78 is 0. The topological polar surface area (TPSA) is 51.7 Å². The molecule has 0 saturated heterocycles. The number of aliphatic hydroxyl groups excluding tert-OH is 1. The predicted octanol–water partition coefficient (Wildman–Crippen LogP) is -0.440. The molecule has 0 fully saturated rings. The van der Waals surface area contributed by atoms with Crippen molar-refractivity contribution in [1.29, 1.82) is 0 Å². The largest absolute Gasteiger partial charge is 0.412 e. The third-order valence-electron chi connectivity index (χ3n) is 0. The van der Waals surface area contributed by atoms with Crippen molar-refractivity contribution in [3.63, 3.8) is 0 Å². The van der Waals surface area contributed by atoms with E-state index in [1.165, 1.54) is 0 Å². The van der Waals surface area contributed by atoms with Crippen LogP contribution < -0.4 is 0 Å². The minimum absolute atomic E-state index is 0. The Bertz CT molecular complexity index is 13.5. The van der Waals surface area contributed by atoms with Crippen LogP contribution in [0.15, 0.2) is 0 Å². The zero-order valence-electron chi connectivity index (χ0n) is 4.10. The Balaban J connectivity index is -0.0000000450. The first kappa shape index (κ1) is 15.7. The van der Waals surface area contributed by atoms with Crippen LogP contribution in [0.5, 0.6) is 0 Å². The van der Waals surface area contributed by atoms with Crippen molar-refractivity contribution in [3.8, 4) is 0 Å². The van der Waals surface area contributed by atoms with Gasteiger partial charge in [0.25, 0.3) is 0 Å². The predicted molar refractivity (Wildman–Crippen MR) is 21.0 cm³/mol. The van der Waals surface area contributed by atoms with Gasteiger partial charge in [-0.25, -0.2) is 0 Å². The second kappa shape index (κ2) is 9.39. The molecule has 0 aliphatic carbocycles. The average Bonchev–Trinajstić information content (AvgIpc) is 0.811. The molecule has 0 aliphatic rings. The van der Waals surface area contributed by atoms with Crippen molar-refractivity contribution in [1.82, 2.24) is 0 Å². The Labute approximate surface area is 63.1 Å². The van der Waals surface area contributed by atoms with Crippen molar-refractivity contribution in [2.75, 3.05) is 0 Å². The van der Waals surface area contributed by atoms with Gasteiger partial charge in [-0.05, 0) is 13.8 Å². The quantitative estimate of drug-likeness (QED) is 0.522. The molecule has 0 amide bonds. The molecule has 0 aromatic carbocycles. The van der Waals surface area contributed by atoms with E-state index in [-0.39, 0.29) is 44.3 Å². The van der Waals surface area contributed by atoms with Gasteiger partial charge in [-0.3, -0.25) is 0 Å². The van der Waals surface area contributed by atoms with E-state index in [1.807, 2.05) is 0 Å². The molecule has 2 nitrogen and oxygen atoms in total. The Morgan fingerprint density at radius 2 is 1.33 bits per heavy atom. The minimum Gasteiger partial charge on any atom is -0.412 e. The normalized spacial score (nSPS) is 6.00. The van der Waals surface area contributed by atoms with E-state index in [2.05, 4.69) is 0 Å². The summed E-state index contributed by atoms with van der Waals surface area (Å²) in [6, 6.07) is 0. The van der Waals surface area contributed by atoms with E-state index in [0.29, 0.717) is 0 Å². The van der Waals surface area contributed by atoms with Crippen LogP contribution in [0.2, 0.25) is 0 Å². The van der Waals surface area contributed by atoms with Gasteiger partial charge < -0.3 is 10.6 Å². The van der Waals surface area contributed by atoms with Gasteiger partial charge in [0.05, 0.1) is 0 Å². The fraction of sp³-hybridized carbons (Fsp3) is 1.00. The number of hydrogen-bond donors (Lipinski definition) is 1. The van der Waals surface area contributed by atoms with Crippen LogP contribution in [0.25, 0.3) is 0 Å². The summed E-state index contributed by atoms with van der Waals surface area (Å²) in [5, 5.41) is 8.06. The summed E-state index contributed by atoms with van der Waals surface area (Å²) in [5.74, 6) is 0. The van der Waals surface area contributed by atoms with Gasteiger partial charge in [0.2, 0.25) is 0 Å². The Kier molecular flexibility index (Phi) is 24.6. The number of aliphatic hydroxyl groups is 1. The summed E-state index contributed by atoms with van der Waals surface area (Å²) in [6.45, 7) is 3.44. The van der Waals surface area contributed by atoms with Crippen LogP contribution >= 0.6 is 0 Å². The van der Waals surface area contributed by atoms with Crippen LogP contribution in [0.1, 0.15) is 13.8 Å². The van der Waals surface area contributed by atoms with E-state index >= 15 is 0 Å². The maximum absolute atomic E-state index is 8.06. The molecule has 3 N–H and O–H groups in total. The SMILES string of the molecule is CC(C)O.O.[Y]. The molecule has 0 spiro atoms. The second-order valence-corrected chi connectivity index (χ2v) is 1.09. The molecule has 0 aromatic rings. The Hall–Kier alpha value is 1.02. The molecule has 3 heteroatoms. The molecular weight excluding hydrogens is 157 g/mol. The molecular formula is C3H10O2Y. The van der Waals surface area contributed by atoms with Crippen LogP contribution in [-0.4, -0.2) is 16.7 Å². The Morgan fingerprint density at radius 1 is 1.33 bits per heavy atom. The maximum atomic E-state index is 8.06. The number of hydrogen-bond acceptors (Lipinski definition) is 1. The molecule has 0 aromatic heterocycles. The monoisotopic (exact) mass is 167 g/mol. The molecule has 0 bridgehead atoms. The average molecular weight is 167 g/mol. The third kappa shape index (κ3) is 77.6. The molecule has 0 aliphatic heterocycles. The Morgan fingerprint density at radius 3 is 1.33 bits per heavy atom. The summed E-state index contributed by atoms with van der Waals surface area (Å²) in [4.78, 5) is 0. The third-order valence-corrected chi connectivity index (χ3v) is 0. The van der Waals surface area contributed by atoms with Crippen LogP contribution in [0.3, 0.4) is 0 Å². The number of rotatable bonds is 0. The van der Waals surface area contributed by atoms with Gasteiger partial charge in [0.15, 0.2) is 0 Å². The van der Waals surface area contributed by atoms with E-state index in [0.717, 1.165) is 0 Å². The summed E-state index contributed by atoms with van der Waals surface area (Å²) in [6.07, 6.45) is -0.167. The maximum Gasteiger partial charge on any atom is 0.0483 e. The molecule has 0 heterocycles. The molecule has 0 unspecified atom stereocenters. The second-order valence-electron chi connectivity index (χ2n) is 1.09. The van der Waals surface area contributed by atoms with E-state index in [1.54, 1.807) is 13.8 Å². The smallest absolute Gasteiger partial charge is 0.0483 e. The van der Waals surface area contributed by atoms with Gasteiger partial charge in [0.1, 0.15) is 0 Å². The van der Waals surface area contributed by atoms with Crippen LogP contribution in [-0.2, 0) is 32.7 Å². The molecule has 37 valence electrons. The van der Waals surface area contributed by atoms with Gasteiger partial charge in [-0.1, -0.05) is 0 Å². The molecule has 0 rings (SSSR count). The molecule has 1 radical (unpaired) electrons. The van der Waals surface area contributed by atoms with E-state index in [9.17, 15) is 0 Å². The standard InChI is InChI=1S/C3H8O.H2O.Y/c1-3(2)4;;/h3-4H,1-2H3;1H2;. The molecule has 6 heavy (non-hydrogen) atoms. The van der Waals surface area contributed by atoms with E-state index in [4.69, 9.17) is 5.11 Å². The van der Waals surface area contributed by atoms with Crippen molar-refractivity contribution in [2.24, 2.45) is 0 Å². The van der Waals surface area contributed by atoms with Gasteiger partial charge in [0, 0.05) is 38.8 Å². The summed E-state index contributed by atoms with van der Waals surface area (Å²) in [5.41, 5.74) is 0. The van der Waals surface area contributed by atoms with Crippen molar-refractivity contribution >= 4 is 0 Å². The minimum atomic E-state index is -0.167. The van der Waals surface area contributed by atoms with Crippen molar-refractivity contribution in [3.05, 3.63) is 0 Å². The first-order valence-corrected chi connectivity index (χ1v) is 1.41. The fourth-order valence-corrected chi connectivity index (χ4v) is 0. The fourth-order valence-electron chi connectivity index (χ4n) is 0. The zero-order valence-corrected chi connectivity index (χ0v) is 6.94. The molecule has 0 saturated carbocycles. The summed E-state index contributed by atoms with van der Waals surface area (Å²) >= 11 is 0. The zero-order chi connectivity index (χ0) is 3.58. The first-order chi connectivity index (χ1) is 1.73. The summed E-state index contributed by atoms with van der Waals surface area (Å²) in [7, 11) is 0. The molecule has 0 atom stereocenters. The van der Waals surface area contributed by atoms with Gasteiger partial charge in [-0.2, -0.15) is 0 Å². The van der Waals surface area contributed by atoms with Crippen molar-refractivity contribution in [2.45, 2.75) is 20.0 Å². The van der Waals surface area contributed by atoms with Gasteiger partial charge in [-0.15, -0.1) is 0 Å². The van der Waals surface area contributed by atoms with Gasteiger partial charge >= 0.3 is 0 Å².